The maximum atomic E-state index is 2.58. The summed E-state index contributed by atoms with van der Waals surface area (Å²) in [7, 11) is -2.94. The van der Waals surface area contributed by atoms with E-state index in [2.05, 4.69) is 264 Å². The molecule has 0 fully saturated rings. The molecule has 63 heavy (non-hydrogen) atoms. The Balaban J connectivity index is 1.30. The highest BCUT2D eigenvalue weighted by molar-refractivity contribution is 7.20. The standard InChI is InChI=1S/C60H42N2Si/c1-7-24-43(25-8-1)51-42-55(57(44-26-9-2-10-27-44)59-50-37-20-21-38-52(50)61(60(51)59)45-28-11-3-12-29-45)62-53-39-22-19-36-49(53)58-54(62)40-23-41-56(58)63(46-30-13-4-14-31-46,47-32-15-5-16-33-47)48-34-17-6-18-35-48/h1-42H. The molecular weight excluding hydrogens is 777 g/mol. The maximum Gasteiger partial charge on any atom is 0.180 e. The Bertz CT molecular complexity index is 3480. The fourth-order valence-corrected chi connectivity index (χ4v) is 15.5. The Kier molecular flexibility index (Phi) is 8.87. The number of nitrogens with zero attached hydrogens (tertiary/aromatic N) is 2. The molecule has 0 bridgehead atoms. The first kappa shape index (κ1) is 36.8. The normalized spacial score (nSPS) is 11.8. The zero-order valence-corrected chi connectivity index (χ0v) is 35.6. The molecule has 0 spiro atoms. The van der Waals surface area contributed by atoms with Crippen molar-refractivity contribution in [1.82, 2.24) is 9.13 Å². The molecule has 0 aliphatic carbocycles. The highest BCUT2D eigenvalue weighted by atomic mass is 28.3. The van der Waals surface area contributed by atoms with E-state index in [9.17, 15) is 0 Å². The Hall–Kier alpha value is -7.98. The topological polar surface area (TPSA) is 9.86 Å². The average Bonchev–Trinajstić information content (AvgIpc) is 3.89. The SMILES string of the molecule is c1ccc(-c2c(-n3c4ccccc4c4c([Si](c5ccccc5)(c5ccccc5)c5ccccc5)cccc43)cc(-c3ccccc3)c3c2c2ccccc2n3-c2ccccc2)cc1. The lowest BCUT2D eigenvalue weighted by Gasteiger charge is -2.35. The van der Waals surface area contributed by atoms with E-state index in [1.807, 2.05) is 0 Å². The van der Waals surface area contributed by atoms with Crippen LogP contribution in [0.5, 0.6) is 0 Å². The first-order valence-corrected chi connectivity index (χ1v) is 23.8. The molecule has 0 saturated carbocycles. The van der Waals surface area contributed by atoms with E-state index in [1.54, 1.807) is 0 Å². The Morgan fingerprint density at radius 3 is 1.30 bits per heavy atom. The van der Waals surface area contributed by atoms with Crippen molar-refractivity contribution in [3.63, 3.8) is 0 Å². The quantitative estimate of drug-likeness (QED) is 0.107. The van der Waals surface area contributed by atoms with Crippen molar-refractivity contribution in [2.45, 2.75) is 0 Å². The summed E-state index contributed by atoms with van der Waals surface area (Å²) < 4.78 is 5.06. The van der Waals surface area contributed by atoms with Gasteiger partial charge in [0, 0.05) is 38.4 Å². The van der Waals surface area contributed by atoms with Gasteiger partial charge in [-0.2, -0.15) is 0 Å². The number of para-hydroxylation sites is 3. The summed E-state index contributed by atoms with van der Waals surface area (Å²) in [5.74, 6) is 0. The summed E-state index contributed by atoms with van der Waals surface area (Å²) in [6.45, 7) is 0. The molecule has 12 aromatic rings. The van der Waals surface area contributed by atoms with Crippen LogP contribution in [0.3, 0.4) is 0 Å². The van der Waals surface area contributed by atoms with Crippen molar-refractivity contribution in [2.24, 2.45) is 0 Å². The molecule has 0 aliphatic rings. The molecule has 0 aliphatic heterocycles. The molecule has 0 saturated heterocycles. The largest absolute Gasteiger partial charge is 0.309 e. The predicted octanol–water partition coefficient (Wildman–Crippen LogP) is 12.6. The first-order valence-electron chi connectivity index (χ1n) is 21.8. The molecule has 0 unspecified atom stereocenters. The predicted molar refractivity (Wildman–Crippen MR) is 270 cm³/mol. The van der Waals surface area contributed by atoms with Gasteiger partial charge in [0.05, 0.1) is 27.8 Å². The smallest absolute Gasteiger partial charge is 0.180 e. The summed E-state index contributed by atoms with van der Waals surface area (Å²) in [5.41, 5.74) is 11.8. The van der Waals surface area contributed by atoms with Crippen molar-refractivity contribution in [3.8, 4) is 33.6 Å². The molecule has 0 amide bonds. The van der Waals surface area contributed by atoms with Gasteiger partial charge in [-0.15, -0.1) is 0 Å². The lowest BCUT2D eigenvalue weighted by Crippen LogP contribution is -2.74. The number of fused-ring (bicyclic) bond motifs is 6. The van der Waals surface area contributed by atoms with Crippen LogP contribution in [0.2, 0.25) is 0 Å². The minimum Gasteiger partial charge on any atom is -0.309 e. The fraction of sp³-hybridized carbons (Fsp3) is 0. The van der Waals surface area contributed by atoms with Crippen molar-refractivity contribution >= 4 is 72.4 Å². The second-order valence-corrected chi connectivity index (χ2v) is 20.1. The highest BCUT2D eigenvalue weighted by Gasteiger charge is 2.43. The minimum absolute atomic E-state index is 1.14. The first-order chi connectivity index (χ1) is 31.3. The van der Waals surface area contributed by atoms with Crippen molar-refractivity contribution < 1.29 is 0 Å². The van der Waals surface area contributed by atoms with Crippen molar-refractivity contribution in [2.75, 3.05) is 0 Å². The summed E-state index contributed by atoms with van der Waals surface area (Å²) in [5, 5.41) is 10.5. The van der Waals surface area contributed by atoms with E-state index in [4.69, 9.17) is 0 Å². The number of benzene rings is 10. The summed E-state index contributed by atoms with van der Waals surface area (Å²) in [6.07, 6.45) is 0. The molecule has 10 aromatic carbocycles. The lowest BCUT2D eigenvalue weighted by atomic mass is 9.92. The summed E-state index contributed by atoms with van der Waals surface area (Å²) in [6, 6.07) is 94.3. The number of hydrogen-bond donors (Lipinski definition) is 0. The number of rotatable bonds is 8. The summed E-state index contributed by atoms with van der Waals surface area (Å²) >= 11 is 0. The van der Waals surface area contributed by atoms with Gasteiger partial charge in [-0.05, 0) is 68.3 Å². The van der Waals surface area contributed by atoms with Gasteiger partial charge in [0.15, 0.2) is 8.07 Å². The van der Waals surface area contributed by atoms with Crippen LogP contribution < -0.4 is 20.7 Å². The van der Waals surface area contributed by atoms with E-state index >= 15 is 0 Å². The van der Waals surface area contributed by atoms with Crippen molar-refractivity contribution in [3.05, 3.63) is 255 Å². The van der Waals surface area contributed by atoms with Crippen LogP contribution in [0.25, 0.3) is 77.2 Å². The molecule has 2 nitrogen and oxygen atoms in total. The van der Waals surface area contributed by atoms with Crippen LogP contribution in [-0.2, 0) is 0 Å². The zero-order valence-electron chi connectivity index (χ0n) is 34.6. The lowest BCUT2D eigenvalue weighted by molar-refractivity contribution is 1.17. The van der Waals surface area contributed by atoms with E-state index in [-0.39, 0.29) is 0 Å². The van der Waals surface area contributed by atoms with Gasteiger partial charge in [-0.25, -0.2) is 0 Å². The van der Waals surface area contributed by atoms with Gasteiger partial charge in [0.1, 0.15) is 0 Å². The Morgan fingerprint density at radius 2 is 0.746 bits per heavy atom. The third-order valence-corrected chi connectivity index (χ3v) is 17.9. The van der Waals surface area contributed by atoms with E-state index in [0.29, 0.717) is 0 Å². The molecule has 0 N–H and O–H groups in total. The second-order valence-electron chi connectivity index (χ2n) is 16.4. The van der Waals surface area contributed by atoms with Crippen LogP contribution >= 0.6 is 0 Å². The molecule has 3 heteroatoms. The van der Waals surface area contributed by atoms with E-state index < -0.39 is 8.07 Å². The third kappa shape index (κ3) is 5.71. The third-order valence-electron chi connectivity index (χ3n) is 13.0. The maximum absolute atomic E-state index is 2.94. The van der Waals surface area contributed by atoms with Gasteiger partial charge in [-0.3, -0.25) is 0 Å². The van der Waals surface area contributed by atoms with Crippen LogP contribution in [0.15, 0.2) is 255 Å². The van der Waals surface area contributed by atoms with Crippen LogP contribution in [-0.4, -0.2) is 17.2 Å². The van der Waals surface area contributed by atoms with Gasteiger partial charge in [-0.1, -0.05) is 218 Å². The number of hydrogen-bond acceptors (Lipinski definition) is 0. The highest BCUT2D eigenvalue weighted by Crippen LogP contribution is 2.48. The molecule has 296 valence electrons. The number of aromatic nitrogens is 2. The van der Waals surface area contributed by atoms with Gasteiger partial charge in [0.25, 0.3) is 0 Å². The monoisotopic (exact) mass is 818 g/mol. The van der Waals surface area contributed by atoms with Crippen LogP contribution in [0, 0.1) is 0 Å². The molecule has 2 aromatic heterocycles. The molecule has 0 radical (unpaired) electrons. The molecular formula is C60H42N2Si. The summed E-state index contributed by atoms with van der Waals surface area (Å²) in [4.78, 5) is 0. The minimum atomic E-state index is -2.94. The molecule has 2 heterocycles. The fourth-order valence-electron chi connectivity index (χ4n) is 10.5. The second kappa shape index (κ2) is 15.2. The molecule has 0 atom stereocenters. The average molecular weight is 819 g/mol. The Morgan fingerprint density at radius 1 is 0.317 bits per heavy atom. The van der Waals surface area contributed by atoms with Crippen molar-refractivity contribution in [1.29, 1.82) is 0 Å². The van der Waals surface area contributed by atoms with Gasteiger partial charge >= 0.3 is 0 Å². The van der Waals surface area contributed by atoms with E-state index in [0.717, 1.165) is 11.4 Å². The molecule has 12 rings (SSSR count). The van der Waals surface area contributed by atoms with Crippen LogP contribution in [0.4, 0.5) is 0 Å². The zero-order chi connectivity index (χ0) is 41.7. The Labute approximate surface area is 368 Å². The van der Waals surface area contributed by atoms with Gasteiger partial charge in [0.2, 0.25) is 0 Å². The van der Waals surface area contributed by atoms with Crippen LogP contribution in [0.1, 0.15) is 0 Å². The van der Waals surface area contributed by atoms with E-state index in [1.165, 1.54) is 86.6 Å². The van der Waals surface area contributed by atoms with Gasteiger partial charge < -0.3 is 9.13 Å².